The number of benzene rings is 2. The number of ether oxygens (including phenoxy) is 1. The van der Waals surface area contributed by atoms with Crippen LogP contribution in [0.25, 0.3) is 10.2 Å². The molecule has 3 rings (SSSR count). The van der Waals surface area contributed by atoms with Gasteiger partial charge in [-0.2, -0.15) is 0 Å². The van der Waals surface area contributed by atoms with Gasteiger partial charge in [-0.1, -0.05) is 12.1 Å². The number of hydrogen-bond acceptors (Lipinski definition) is 4. The molecule has 0 saturated heterocycles. The van der Waals surface area contributed by atoms with E-state index in [-0.39, 0.29) is 5.91 Å². The molecule has 4 nitrogen and oxygen atoms in total. The number of amides is 1. The van der Waals surface area contributed by atoms with Crippen molar-refractivity contribution in [1.82, 2.24) is 10.3 Å². The van der Waals surface area contributed by atoms with Gasteiger partial charge in [0.25, 0.3) is 5.91 Å². The van der Waals surface area contributed by atoms with E-state index in [2.05, 4.69) is 22.1 Å². The zero-order chi connectivity index (χ0) is 18.9. The lowest BCUT2D eigenvalue weighted by Gasteiger charge is -2.09. The summed E-state index contributed by atoms with van der Waals surface area (Å²) in [5.74, 6) is 6.69. The highest BCUT2D eigenvalue weighted by Gasteiger charge is 2.07. The van der Waals surface area contributed by atoms with E-state index in [0.29, 0.717) is 18.7 Å². The third kappa shape index (κ3) is 5.57. The van der Waals surface area contributed by atoms with Gasteiger partial charge in [-0.3, -0.25) is 4.79 Å². The number of nitrogens with zero attached hydrogens (tertiary/aromatic N) is 1. The molecule has 3 aromatic rings. The second-order valence-corrected chi connectivity index (χ2v) is 6.98. The molecule has 1 N–H and O–H groups in total. The van der Waals surface area contributed by atoms with Gasteiger partial charge in [0.05, 0.1) is 22.3 Å². The van der Waals surface area contributed by atoms with Crippen LogP contribution in [0.1, 0.15) is 42.1 Å². The normalized spacial score (nSPS) is 10.3. The van der Waals surface area contributed by atoms with Crippen LogP contribution in [0.3, 0.4) is 0 Å². The van der Waals surface area contributed by atoms with Crippen molar-refractivity contribution < 1.29 is 9.53 Å². The van der Waals surface area contributed by atoms with Crippen LogP contribution in [0, 0.1) is 11.8 Å². The maximum Gasteiger partial charge on any atom is 0.251 e. The number of aromatic nitrogens is 1. The first-order valence-electron chi connectivity index (χ1n) is 8.99. The standard InChI is InChI=1S/C22H22N2O2S/c1-2-3-4-5-6-12-26-19-9-7-8-17(13-19)15-23-22(25)18-10-11-20-21(14-18)27-16-24-20/h7-11,13-14,16H,4-6,12,15H2,1H3,(H,23,25). The van der Waals surface area contributed by atoms with Gasteiger partial charge in [0.15, 0.2) is 0 Å². The smallest absolute Gasteiger partial charge is 0.251 e. The highest BCUT2D eigenvalue weighted by molar-refractivity contribution is 7.16. The number of carbonyl (C=O) groups is 1. The molecule has 0 unspecified atom stereocenters. The van der Waals surface area contributed by atoms with Gasteiger partial charge in [-0.25, -0.2) is 4.98 Å². The Balaban J connectivity index is 1.49. The molecular formula is C22H22N2O2S. The fourth-order valence-electron chi connectivity index (χ4n) is 2.66. The van der Waals surface area contributed by atoms with E-state index in [0.717, 1.165) is 40.8 Å². The molecule has 0 aliphatic carbocycles. The number of hydrogen-bond donors (Lipinski definition) is 1. The molecule has 0 spiro atoms. The molecule has 0 radical (unpaired) electrons. The molecule has 2 aromatic carbocycles. The largest absolute Gasteiger partial charge is 0.494 e. The number of rotatable bonds is 8. The van der Waals surface area contributed by atoms with Gasteiger partial charge in [0.2, 0.25) is 0 Å². The highest BCUT2D eigenvalue weighted by atomic mass is 32.1. The van der Waals surface area contributed by atoms with Crippen LogP contribution in [0.5, 0.6) is 5.75 Å². The lowest BCUT2D eigenvalue weighted by Crippen LogP contribution is -2.22. The van der Waals surface area contributed by atoms with Crippen molar-refractivity contribution in [3.63, 3.8) is 0 Å². The first kappa shape index (κ1) is 18.9. The predicted molar refractivity (Wildman–Crippen MR) is 110 cm³/mol. The molecule has 27 heavy (non-hydrogen) atoms. The Morgan fingerprint density at radius 1 is 1.22 bits per heavy atom. The minimum atomic E-state index is -0.0892. The fourth-order valence-corrected chi connectivity index (χ4v) is 3.37. The molecule has 0 bridgehead atoms. The minimum absolute atomic E-state index is 0.0892. The van der Waals surface area contributed by atoms with E-state index < -0.39 is 0 Å². The predicted octanol–water partition coefficient (Wildman–Crippen LogP) is 4.80. The lowest BCUT2D eigenvalue weighted by atomic mass is 10.2. The summed E-state index contributed by atoms with van der Waals surface area (Å²) in [4.78, 5) is 16.6. The van der Waals surface area contributed by atoms with E-state index in [4.69, 9.17) is 4.74 Å². The third-order valence-corrected chi connectivity index (χ3v) is 4.88. The Labute approximate surface area is 163 Å². The molecule has 0 fully saturated rings. The maximum atomic E-state index is 12.4. The van der Waals surface area contributed by atoms with Crippen LogP contribution >= 0.6 is 11.3 Å². The van der Waals surface area contributed by atoms with Crippen molar-refractivity contribution in [2.45, 2.75) is 32.7 Å². The molecular weight excluding hydrogens is 356 g/mol. The Morgan fingerprint density at radius 3 is 3.04 bits per heavy atom. The van der Waals surface area contributed by atoms with Gasteiger partial charge >= 0.3 is 0 Å². The molecule has 1 aromatic heterocycles. The molecule has 0 aliphatic heterocycles. The van der Waals surface area contributed by atoms with E-state index in [1.165, 1.54) is 11.3 Å². The molecule has 0 saturated carbocycles. The average Bonchev–Trinajstić information content (AvgIpc) is 3.17. The zero-order valence-corrected chi connectivity index (χ0v) is 16.1. The second kappa shape index (κ2) is 9.75. The first-order chi connectivity index (χ1) is 13.3. The quantitative estimate of drug-likeness (QED) is 0.452. The van der Waals surface area contributed by atoms with E-state index >= 15 is 0 Å². The summed E-state index contributed by atoms with van der Waals surface area (Å²) >= 11 is 1.53. The van der Waals surface area contributed by atoms with Crippen LogP contribution in [0.15, 0.2) is 48.0 Å². The fraction of sp³-hybridized carbons (Fsp3) is 0.273. The van der Waals surface area contributed by atoms with Gasteiger partial charge in [-0.15, -0.1) is 23.2 Å². The maximum absolute atomic E-state index is 12.4. The van der Waals surface area contributed by atoms with Gasteiger partial charge in [-0.05, 0) is 55.7 Å². The molecule has 1 heterocycles. The van der Waals surface area contributed by atoms with E-state index in [1.807, 2.05) is 43.3 Å². The number of carbonyl (C=O) groups excluding carboxylic acids is 1. The molecule has 0 atom stereocenters. The number of thiazole rings is 1. The zero-order valence-electron chi connectivity index (χ0n) is 15.3. The summed E-state index contributed by atoms with van der Waals surface area (Å²) in [6, 6.07) is 13.4. The average molecular weight is 378 g/mol. The molecule has 5 heteroatoms. The number of fused-ring (bicyclic) bond motifs is 1. The van der Waals surface area contributed by atoms with E-state index in [1.54, 1.807) is 11.6 Å². The Bertz CT molecular complexity index is 969. The van der Waals surface area contributed by atoms with Crippen LogP contribution in [-0.2, 0) is 6.54 Å². The Morgan fingerprint density at radius 2 is 2.15 bits per heavy atom. The first-order valence-corrected chi connectivity index (χ1v) is 9.87. The van der Waals surface area contributed by atoms with Crippen molar-refractivity contribution in [2.75, 3.05) is 6.61 Å². The van der Waals surface area contributed by atoms with Crippen LogP contribution < -0.4 is 10.1 Å². The topological polar surface area (TPSA) is 51.2 Å². The Kier molecular flexibility index (Phi) is 6.84. The second-order valence-electron chi connectivity index (χ2n) is 6.10. The highest BCUT2D eigenvalue weighted by Crippen LogP contribution is 2.19. The third-order valence-electron chi connectivity index (χ3n) is 4.09. The van der Waals surface area contributed by atoms with Gasteiger partial charge in [0, 0.05) is 18.5 Å². The summed E-state index contributed by atoms with van der Waals surface area (Å²) in [5.41, 5.74) is 4.36. The number of nitrogens with one attached hydrogen (secondary N) is 1. The summed E-state index contributed by atoms with van der Waals surface area (Å²) in [6.07, 6.45) is 2.94. The lowest BCUT2D eigenvalue weighted by molar-refractivity contribution is 0.0951. The summed E-state index contributed by atoms with van der Waals surface area (Å²) in [6.45, 7) is 3.00. The van der Waals surface area contributed by atoms with Gasteiger partial charge in [0.1, 0.15) is 5.75 Å². The summed E-state index contributed by atoms with van der Waals surface area (Å²) in [7, 11) is 0. The van der Waals surface area contributed by atoms with Crippen LogP contribution in [0.2, 0.25) is 0 Å². The molecule has 0 aliphatic rings. The molecule has 138 valence electrons. The van der Waals surface area contributed by atoms with Crippen LogP contribution in [-0.4, -0.2) is 17.5 Å². The van der Waals surface area contributed by atoms with Gasteiger partial charge < -0.3 is 10.1 Å². The van der Waals surface area contributed by atoms with Crippen molar-refractivity contribution >= 4 is 27.5 Å². The van der Waals surface area contributed by atoms with Crippen molar-refractivity contribution in [3.05, 3.63) is 59.1 Å². The monoisotopic (exact) mass is 378 g/mol. The van der Waals surface area contributed by atoms with Crippen molar-refractivity contribution in [1.29, 1.82) is 0 Å². The molecule has 1 amide bonds. The summed E-state index contributed by atoms with van der Waals surface area (Å²) < 4.78 is 6.81. The van der Waals surface area contributed by atoms with Crippen LogP contribution in [0.4, 0.5) is 0 Å². The van der Waals surface area contributed by atoms with Crippen molar-refractivity contribution in [3.8, 4) is 17.6 Å². The minimum Gasteiger partial charge on any atom is -0.494 e. The van der Waals surface area contributed by atoms with Crippen molar-refractivity contribution in [2.24, 2.45) is 0 Å². The summed E-state index contributed by atoms with van der Waals surface area (Å²) in [5, 5.41) is 2.96. The Hall–Kier alpha value is -2.84. The number of unbranched alkanes of at least 4 members (excludes halogenated alkanes) is 2. The SMILES string of the molecule is CC#CCCCCOc1cccc(CNC(=O)c2ccc3ncsc3c2)c1. The van der Waals surface area contributed by atoms with E-state index in [9.17, 15) is 4.79 Å².